The zero-order valence-corrected chi connectivity index (χ0v) is 13.3. The van der Waals surface area contributed by atoms with Crippen LogP contribution in [-0.4, -0.2) is 43.3 Å². The maximum absolute atomic E-state index is 6.38. The second-order valence-corrected chi connectivity index (χ2v) is 6.51. The average molecular weight is 309 g/mol. The zero-order chi connectivity index (χ0) is 14.5. The summed E-state index contributed by atoms with van der Waals surface area (Å²) in [5, 5.41) is 4.44. The molecule has 2 aliphatic rings. The molecule has 0 saturated carbocycles. The Balaban J connectivity index is 1.75. The molecule has 4 heteroatoms. The van der Waals surface area contributed by atoms with Gasteiger partial charge >= 0.3 is 0 Å². The standard InChI is InChI=1S/C17H25ClN2O/c18-17-6-2-1-4-14(17)13-20(15-7-10-21-11-8-15)16-5-3-9-19-12-16/h1-2,4,6,15-16,19H,3,5,7-13H2. The molecule has 1 aromatic rings. The predicted octanol–water partition coefficient (Wildman–Crippen LogP) is 3.07. The summed E-state index contributed by atoms with van der Waals surface area (Å²) in [5.41, 5.74) is 1.25. The lowest BCUT2D eigenvalue weighted by atomic mass is 9.98. The maximum Gasteiger partial charge on any atom is 0.0480 e. The van der Waals surface area contributed by atoms with Gasteiger partial charge in [0.2, 0.25) is 0 Å². The van der Waals surface area contributed by atoms with Crippen LogP contribution in [0.25, 0.3) is 0 Å². The number of rotatable bonds is 4. The molecule has 116 valence electrons. The number of piperidine rings is 1. The number of ether oxygens (including phenoxy) is 1. The van der Waals surface area contributed by atoms with Gasteiger partial charge in [-0.25, -0.2) is 0 Å². The molecule has 0 radical (unpaired) electrons. The number of benzene rings is 1. The van der Waals surface area contributed by atoms with E-state index in [1.54, 1.807) is 0 Å². The summed E-state index contributed by atoms with van der Waals surface area (Å²) in [6.07, 6.45) is 4.84. The van der Waals surface area contributed by atoms with Crippen LogP contribution in [0.4, 0.5) is 0 Å². The number of halogens is 1. The summed E-state index contributed by atoms with van der Waals surface area (Å²) in [6, 6.07) is 9.50. The summed E-state index contributed by atoms with van der Waals surface area (Å²) < 4.78 is 5.54. The van der Waals surface area contributed by atoms with E-state index in [0.29, 0.717) is 12.1 Å². The lowest BCUT2D eigenvalue weighted by molar-refractivity contribution is 0.00770. The first-order valence-electron chi connectivity index (χ1n) is 8.12. The van der Waals surface area contributed by atoms with Crippen molar-refractivity contribution in [1.29, 1.82) is 0 Å². The molecule has 1 unspecified atom stereocenters. The molecule has 1 atom stereocenters. The van der Waals surface area contributed by atoms with Crippen LogP contribution in [0.15, 0.2) is 24.3 Å². The summed E-state index contributed by atoms with van der Waals surface area (Å²) in [5.74, 6) is 0. The molecule has 21 heavy (non-hydrogen) atoms. The first kappa shape index (κ1) is 15.3. The van der Waals surface area contributed by atoms with E-state index in [9.17, 15) is 0 Å². The van der Waals surface area contributed by atoms with E-state index in [1.807, 2.05) is 12.1 Å². The van der Waals surface area contributed by atoms with Crippen LogP contribution < -0.4 is 5.32 Å². The molecule has 0 bridgehead atoms. The number of nitrogens with one attached hydrogen (secondary N) is 1. The Morgan fingerprint density at radius 1 is 1.14 bits per heavy atom. The van der Waals surface area contributed by atoms with Crippen LogP contribution in [0.5, 0.6) is 0 Å². The van der Waals surface area contributed by atoms with Gasteiger partial charge in [0, 0.05) is 43.4 Å². The normalized spacial score (nSPS) is 24.4. The second-order valence-electron chi connectivity index (χ2n) is 6.11. The fourth-order valence-corrected chi connectivity index (χ4v) is 3.71. The number of hydrogen-bond donors (Lipinski definition) is 1. The van der Waals surface area contributed by atoms with E-state index >= 15 is 0 Å². The highest BCUT2D eigenvalue weighted by Crippen LogP contribution is 2.26. The van der Waals surface area contributed by atoms with Gasteiger partial charge < -0.3 is 10.1 Å². The Bertz CT molecular complexity index is 424. The van der Waals surface area contributed by atoms with Gasteiger partial charge in [-0.05, 0) is 43.9 Å². The van der Waals surface area contributed by atoms with Gasteiger partial charge in [0.05, 0.1) is 0 Å². The maximum atomic E-state index is 6.38. The molecule has 0 amide bonds. The minimum Gasteiger partial charge on any atom is -0.381 e. The molecular formula is C17H25ClN2O. The molecule has 1 aromatic carbocycles. The molecule has 2 heterocycles. The Morgan fingerprint density at radius 2 is 1.95 bits per heavy atom. The van der Waals surface area contributed by atoms with E-state index in [-0.39, 0.29) is 0 Å². The number of hydrogen-bond acceptors (Lipinski definition) is 3. The van der Waals surface area contributed by atoms with E-state index in [1.165, 1.54) is 18.4 Å². The molecule has 2 saturated heterocycles. The monoisotopic (exact) mass is 308 g/mol. The van der Waals surface area contributed by atoms with Gasteiger partial charge in [0.25, 0.3) is 0 Å². The van der Waals surface area contributed by atoms with Crippen molar-refractivity contribution in [2.45, 2.75) is 44.3 Å². The van der Waals surface area contributed by atoms with Gasteiger partial charge in [-0.15, -0.1) is 0 Å². The molecular weight excluding hydrogens is 284 g/mol. The van der Waals surface area contributed by atoms with E-state index in [0.717, 1.165) is 50.7 Å². The fraction of sp³-hybridized carbons (Fsp3) is 0.647. The van der Waals surface area contributed by atoms with Crippen LogP contribution in [0, 0.1) is 0 Å². The number of nitrogens with zero attached hydrogens (tertiary/aromatic N) is 1. The van der Waals surface area contributed by atoms with Crippen LogP contribution in [0.2, 0.25) is 5.02 Å². The molecule has 0 aromatic heterocycles. The van der Waals surface area contributed by atoms with Crippen LogP contribution in [0.1, 0.15) is 31.2 Å². The van der Waals surface area contributed by atoms with Crippen LogP contribution in [-0.2, 0) is 11.3 Å². The lowest BCUT2D eigenvalue weighted by Crippen LogP contribution is -2.51. The highest BCUT2D eigenvalue weighted by molar-refractivity contribution is 6.31. The van der Waals surface area contributed by atoms with Crippen molar-refractivity contribution in [3.63, 3.8) is 0 Å². The Hall–Kier alpha value is -0.610. The smallest absolute Gasteiger partial charge is 0.0480 e. The van der Waals surface area contributed by atoms with Crippen LogP contribution >= 0.6 is 11.6 Å². The largest absolute Gasteiger partial charge is 0.381 e. The minimum atomic E-state index is 0.623. The third-order valence-electron chi connectivity index (χ3n) is 4.71. The van der Waals surface area contributed by atoms with Crippen molar-refractivity contribution in [3.8, 4) is 0 Å². The van der Waals surface area contributed by atoms with Gasteiger partial charge in [0.1, 0.15) is 0 Å². The molecule has 1 N–H and O–H groups in total. The van der Waals surface area contributed by atoms with Gasteiger partial charge in [0.15, 0.2) is 0 Å². The van der Waals surface area contributed by atoms with E-state index < -0.39 is 0 Å². The summed E-state index contributed by atoms with van der Waals surface area (Å²) in [7, 11) is 0. The minimum absolute atomic E-state index is 0.623. The highest BCUT2D eigenvalue weighted by atomic mass is 35.5. The predicted molar refractivity (Wildman–Crippen MR) is 86.7 cm³/mol. The van der Waals surface area contributed by atoms with Gasteiger partial charge in [-0.3, -0.25) is 4.90 Å². The molecule has 2 aliphatic heterocycles. The Kier molecular flexibility index (Phi) is 5.53. The van der Waals surface area contributed by atoms with Crippen LogP contribution in [0.3, 0.4) is 0 Å². The first-order valence-corrected chi connectivity index (χ1v) is 8.50. The summed E-state index contributed by atoms with van der Waals surface area (Å²) in [4.78, 5) is 2.68. The SMILES string of the molecule is Clc1ccccc1CN(C1CCOCC1)C1CCCNC1. The Labute approximate surface area is 132 Å². The average Bonchev–Trinajstić information content (AvgIpc) is 2.56. The summed E-state index contributed by atoms with van der Waals surface area (Å²) in [6.45, 7) is 5.00. The fourth-order valence-electron chi connectivity index (χ4n) is 3.51. The van der Waals surface area contributed by atoms with Gasteiger partial charge in [-0.1, -0.05) is 29.8 Å². The molecule has 3 rings (SSSR count). The highest BCUT2D eigenvalue weighted by Gasteiger charge is 2.29. The molecule has 2 fully saturated rings. The van der Waals surface area contributed by atoms with Crippen molar-refractivity contribution in [2.75, 3.05) is 26.3 Å². The Morgan fingerprint density at radius 3 is 2.67 bits per heavy atom. The molecule has 0 spiro atoms. The third-order valence-corrected chi connectivity index (χ3v) is 5.08. The topological polar surface area (TPSA) is 24.5 Å². The first-order chi connectivity index (χ1) is 10.3. The van der Waals surface area contributed by atoms with Gasteiger partial charge in [-0.2, -0.15) is 0 Å². The zero-order valence-electron chi connectivity index (χ0n) is 12.6. The molecule has 0 aliphatic carbocycles. The van der Waals surface area contributed by atoms with Crippen molar-refractivity contribution < 1.29 is 4.74 Å². The third kappa shape index (κ3) is 3.98. The van der Waals surface area contributed by atoms with E-state index in [2.05, 4.69) is 22.3 Å². The molecule has 3 nitrogen and oxygen atoms in total. The summed E-state index contributed by atoms with van der Waals surface area (Å²) >= 11 is 6.38. The van der Waals surface area contributed by atoms with Crippen molar-refractivity contribution >= 4 is 11.6 Å². The van der Waals surface area contributed by atoms with Crippen molar-refractivity contribution in [1.82, 2.24) is 10.2 Å². The van der Waals surface area contributed by atoms with E-state index in [4.69, 9.17) is 16.3 Å². The van der Waals surface area contributed by atoms with Crippen molar-refractivity contribution in [3.05, 3.63) is 34.9 Å². The quantitative estimate of drug-likeness (QED) is 0.925. The lowest BCUT2D eigenvalue weighted by Gasteiger charge is -2.42. The second kappa shape index (κ2) is 7.59. The van der Waals surface area contributed by atoms with Crippen molar-refractivity contribution in [2.24, 2.45) is 0 Å².